The minimum Gasteiger partial charge on any atom is -0.462 e. The number of hydrogen-bond donors (Lipinski definition) is 0. The molecule has 0 spiro atoms. The second-order valence-corrected chi connectivity index (χ2v) is 4.25. The summed E-state index contributed by atoms with van der Waals surface area (Å²) in [6.07, 6.45) is 2.93. The van der Waals surface area contributed by atoms with E-state index in [9.17, 15) is 14.0 Å². The van der Waals surface area contributed by atoms with Crippen LogP contribution >= 0.6 is 0 Å². The molecule has 0 heterocycles. The first kappa shape index (κ1) is 16.1. The molecule has 4 nitrogen and oxygen atoms in total. The molecule has 110 valence electrons. The van der Waals surface area contributed by atoms with Crippen LogP contribution in [-0.2, 0) is 9.47 Å². The number of halogens is 1. The number of carbonyl (C=O) groups excluding carboxylic acids is 2. The van der Waals surface area contributed by atoms with E-state index in [1.54, 1.807) is 0 Å². The van der Waals surface area contributed by atoms with Crippen LogP contribution in [0.5, 0.6) is 0 Å². The normalized spacial score (nSPS) is 10.1. The Labute approximate surface area is 117 Å². The first-order chi connectivity index (χ1) is 9.69. The van der Waals surface area contributed by atoms with E-state index in [0.717, 1.165) is 19.3 Å². The lowest BCUT2D eigenvalue weighted by molar-refractivity contribution is 0.0473. The summed E-state index contributed by atoms with van der Waals surface area (Å²) in [5.41, 5.74) is 0.657. The number of benzene rings is 1. The van der Waals surface area contributed by atoms with E-state index < -0.39 is 18.6 Å². The Kier molecular flexibility index (Phi) is 7.32. The molecule has 0 saturated carbocycles. The smallest absolute Gasteiger partial charge is 0.338 e. The minimum atomic E-state index is -0.714. The molecule has 0 aliphatic heterocycles. The highest BCUT2D eigenvalue weighted by Gasteiger charge is 2.10. The van der Waals surface area contributed by atoms with Crippen LogP contribution in [-0.4, -0.2) is 31.8 Å². The Balaban J connectivity index is 2.48. The Bertz CT molecular complexity index is 428. The van der Waals surface area contributed by atoms with Crippen molar-refractivity contribution >= 4 is 11.9 Å². The molecule has 1 aromatic rings. The van der Waals surface area contributed by atoms with Crippen molar-refractivity contribution in [3.8, 4) is 0 Å². The van der Waals surface area contributed by atoms with E-state index in [2.05, 4.69) is 11.7 Å². The number of esters is 2. The largest absolute Gasteiger partial charge is 0.462 e. The number of rotatable bonds is 8. The third-order valence-corrected chi connectivity index (χ3v) is 2.65. The molecule has 0 unspecified atom stereocenters. The van der Waals surface area contributed by atoms with Gasteiger partial charge in [-0.1, -0.05) is 19.8 Å². The van der Waals surface area contributed by atoms with E-state index >= 15 is 0 Å². The third kappa shape index (κ3) is 5.38. The number of unbranched alkanes of at least 4 members (excludes halogenated alkanes) is 2. The van der Waals surface area contributed by atoms with Crippen LogP contribution in [0, 0.1) is 0 Å². The first-order valence-corrected chi connectivity index (χ1v) is 6.69. The predicted molar refractivity (Wildman–Crippen MR) is 72.5 cm³/mol. The van der Waals surface area contributed by atoms with Gasteiger partial charge in [-0.15, -0.1) is 0 Å². The van der Waals surface area contributed by atoms with Gasteiger partial charge < -0.3 is 9.47 Å². The van der Waals surface area contributed by atoms with Crippen molar-refractivity contribution in [2.75, 3.05) is 19.9 Å². The van der Waals surface area contributed by atoms with Crippen LogP contribution in [0.1, 0.15) is 46.9 Å². The van der Waals surface area contributed by atoms with Crippen molar-refractivity contribution in [2.24, 2.45) is 0 Å². The van der Waals surface area contributed by atoms with Crippen LogP contribution in [0.25, 0.3) is 0 Å². The fraction of sp³-hybridized carbons (Fsp3) is 0.467. The average molecular weight is 282 g/mol. The monoisotopic (exact) mass is 282 g/mol. The number of carbonyl (C=O) groups is 2. The van der Waals surface area contributed by atoms with Gasteiger partial charge in [0.25, 0.3) is 0 Å². The lowest BCUT2D eigenvalue weighted by Gasteiger charge is -2.05. The fourth-order valence-electron chi connectivity index (χ4n) is 1.56. The van der Waals surface area contributed by atoms with E-state index in [0.29, 0.717) is 12.2 Å². The average Bonchev–Trinajstić information content (AvgIpc) is 2.49. The van der Waals surface area contributed by atoms with Gasteiger partial charge in [-0.2, -0.15) is 0 Å². The maximum atomic E-state index is 11.9. The highest BCUT2D eigenvalue weighted by atomic mass is 19.1. The van der Waals surface area contributed by atoms with Crippen LogP contribution in [0.3, 0.4) is 0 Å². The van der Waals surface area contributed by atoms with Gasteiger partial charge in [-0.3, -0.25) is 0 Å². The lowest BCUT2D eigenvalue weighted by Crippen LogP contribution is -2.09. The molecule has 1 rings (SSSR count). The van der Waals surface area contributed by atoms with Crippen LogP contribution in [0.2, 0.25) is 0 Å². The molecule has 0 amide bonds. The van der Waals surface area contributed by atoms with Crippen LogP contribution < -0.4 is 0 Å². The predicted octanol–water partition coefficient (Wildman–Crippen LogP) is 3.16. The summed E-state index contributed by atoms with van der Waals surface area (Å²) < 4.78 is 21.6. The summed E-state index contributed by atoms with van der Waals surface area (Å²) in [6, 6.07) is 5.91. The molecular weight excluding hydrogens is 263 g/mol. The molecule has 0 bridgehead atoms. The zero-order valence-electron chi connectivity index (χ0n) is 11.6. The highest BCUT2D eigenvalue weighted by Crippen LogP contribution is 2.08. The minimum absolute atomic E-state index is 0.264. The summed E-state index contributed by atoms with van der Waals surface area (Å²) in [6.45, 7) is 1.49. The molecule has 0 aliphatic carbocycles. The molecule has 0 atom stereocenters. The Morgan fingerprint density at radius 1 is 0.950 bits per heavy atom. The number of hydrogen-bond acceptors (Lipinski definition) is 4. The molecule has 0 aliphatic rings. The highest BCUT2D eigenvalue weighted by molar-refractivity contribution is 5.93. The lowest BCUT2D eigenvalue weighted by atomic mass is 10.1. The fourth-order valence-corrected chi connectivity index (χ4v) is 1.56. The van der Waals surface area contributed by atoms with Gasteiger partial charge >= 0.3 is 11.9 Å². The van der Waals surface area contributed by atoms with Crippen molar-refractivity contribution in [3.63, 3.8) is 0 Å². The topological polar surface area (TPSA) is 52.6 Å². The Morgan fingerprint density at radius 2 is 1.45 bits per heavy atom. The number of ether oxygens (including phenoxy) is 2. The van der Waals surface area contributed by atoms with Crippen LogP contribution in [0.15, 0.2) is 24.3 Å². The van der Waals surface area contributed by atoms with E-state index in [-0.39, 0.29) is 12.2 Å². The standard InChI is InChI=1S/C15H19FO4/c1-2-3-4-10-19-14(17)12-5-7-13(8-6-12)15(18)20-11-9-16/h5-8H,2-4,9-11H2,1H3. The van der Waals surface area contributed by atoms with E-state index in [4.69, 9.17) is 4.74 Å². The Hall–Kier alpha value is -1.91. The maximum absolute atomic E-state index is 11.9. The molecule has 1 aromatic carbocycles. The molecule has 0 fully saturated rings. The third-order valence-electron chi connectivity index (χ3n) is 2.65. The first-order valence-electron chi connectivity index (χ1n) is 6.69. The second kappa shape index (κ2) is 9.07. The van der Waals surface area contributed by atoms with Crippen molar-refractivity contribution in [1.82, 2.24) is 0 Å². The molecule has 20 heavy (non-hydrogen) atoms. The van der Waals surface area contributed by atoms with Crippen molar-refractivity contribution in [3.05, 3.63) is 35.4 Å². The second-order valence-electron chi connectivity index (χ2n) is 4.25. The van der Waals surface area contributed by atoms with Gasteiger partial charge in [0.1, 0.15) is 13.3 Å². The van der Waals surface area contributed by atoms with Gasteiger partial charge in [0.15, 0.2) is 0 Å². The van der Waals surface area contributed by atoms with Crippen molar-refractivity contribution in [2.45, 2.75) is 26.2 Å². The summed E-state index contributed by atoms with van der Waals surface area (Å²) in [4.78, 5) is 23.1. The SMILES string of the molecule is CCCCCOC(=O)c1ccc(C(=O)OCCF)cc1. The van der Waals surface area contributed by atoms with Gasteiger partial charge in [0, 0.05) is 0 Å². The summed E-state index contributed by atoms with van der Waals surface area (Å²) >= 11 is 0. The maximum Gasteiger partial charge on any atom is 0.338 e. The Morgan fingerprint density at radius 3 is 1.90 bits per heavy atom. The molecule has 0 radical (unpaired) electrons. The molecule has 0 N–H and O–H groups in total. The van der Waals surface area contributed by atoms with Crippen LogP contribution in [0.4, 0.5) is 4.39 Å². The molecular formula is C15H19FO4. The summed E-state index contributed by atoms with van der Waals surface area (Å²) in [7, 11) is 0. The van der Waals surface area contributed by atoms with Gasteiger partial charge in [0.05, 0.1) is 17.7 Å². The van der Waals surface area contributed by atoms with Crippen molar-refractivity contribution in [1.29, 1.82) is 0 Å². The summed E-state index contributed by atoms with van der Waals surface area (Å²) in [5.74, 6) is -1.02. The van der Waals surface area contributed by atoms with Gasteiger partial charge in [-0.05, 0) is 30.7 Å². The van der Waals surface area contributed by atoms with Gasteiger partial charge in [-0.25, -0.2) is 14.0 Å². The quantitative estimate of drug-likeness (QED) is 0.543. The number of alkyl halides is 1. The molecule has 0 aromatic heterocycles. The van der Waals surface area contributed by atoms with E-state index in [1.807, 2.05) is 0 Å². The summed E-state index contributed by atoms with van der Waals surface area (Å²) in [5, 5.41) is 0. The van der Waals surface area contributed by atoms with Crippen molar-refractivity contribution < 1.29 is 23.5 Å². The van der Waals surface area contributed by atoms with E-state index in [1.165, 1.54) is 24.3 Å². The van der Waals surface area contributed by atoms with Gasteiger partial charge in [0.2, 0.25) is 0 Å². The molecule has 5 heteroatoms. The molecule has 0 saturated heterocycles. The zero-order valence-corrected chi connectivity index (χ0v) is 11.6. The zero-order chi connectivity index (χ0) is 14.8.